The van der Waals surface area contributed by atoms with E-state index >= 15 is 0 Å². The number of ether oxygens (including phenoxy) is 1. The molecule has 0 unspecified atom stereocenters. The molecule has 7 nitrogen and oxygen atoms in total. The Morgan fingerprint density at radius 3 is 2.46 bits per heavy atom. The van der Waals surface area contributed by atoms with Crippen LogP contribution in [0, 0.1) is 23.7 Å². The lowest BCUT2D eigenvalue weighted by Crippen LogP contribution is -2.52. The van der Waals surface area contributed by atoms with Crippen LogP contribution in [0.15, 0.2) is 12.2 Å². The van der Waals surface area contributed by atoms with Gasteiger partial charge in [-0.3, -0.25) is 14.4 Å². The molecular weight excluding hydrogens is 360 g/mol. The van der Waals surface area contributed by atoms with Crippen LogP contribution < -0.4 is 5.32 Å². The first-order valence-corrected chi connectivity index (χ1v) is 10.4. The van der Waals surface area contributed by atoms with Gasteiger partial charge in [0.2, 0.25) is 11.8 Å². The molecule has 0 aromatic carbocycles. The summed E-state index contributed by atoms with van der Waals surface area (Å²) in [4.78, 5) is 40.6. The summed E-state index contributed by atoms with van der Waals surface area (Å²) in [5.41, 5.74) is 0. The van der Waals surface area contributed by atoms with Crippen molar-refractivity contribution in [2.75, 3.05) is 13.2 Å². The highest BCUT2D eigenvalue weighted by atomic mass is 16.5. The number of aliphatic hydroxyl groups is 1. The van der Waals surface area contributed by atoms with E-state index in [1.165, 1.54) is 4.90 Å². The molecule has 2 rings (SSSR count). The molecule has 2 aliphatic rings. The number of aliphatic hydroxyl groups excluding tert-OH is 1. The summed E-state index contributed by atoms with van der Waals surface area (Å²) in [6, 6.07) is -1.33. The predicted molar refractivity (Wildman–Crippen MR) is 105 cm³/mol. The van der Waals surface area contributed by atoms with Gasteiger partial charge in [0, 0.05) is 12.0 Å². The second-order valence-electron chi connectivity index (χ2n) is 8.10. The zero-order valence-corrected chi connectivity index (χ0v) is 17.6. The maximum atomic E-state index is 13.4. The van der Waals surface area contributed by atoms with Crippen LogP contribution in [0.2, 0.25) is 0 Å². The van der Waals surface area contributed by atoms with Crippen molar-refractivity contribution in [1.82, 2.24) is 10.2 Å². The summed E-state index contributed by atoms with van der Waals surface area (Å²) in [6.07, 6.45) is 5.55. The monoisotopic (exact) mass is 394 g/mol. The summed E-state index contributed by atoms with van der Waals surface area (Å²) in [5, 5.41) is 12.6. The first-order chi connectivity index (χ1) is 13.3. The van der Waals surface area contributed by atoms with Crippen molar-refractivity contribution in [1.29, 1.82) is 0 Å². The highest BCUT2D eigenvalue weighted by molar-refractivity contribution is 5.96. The molecule has 158 valence electrons. The predicted octanol–water partition coefficient (Wildman–Crippen LogP) is 1.50. The minimum Gasteiger partial charge on any atom is -0.466 e. The Balaban J connectivity index is 2.49. The van der Waals surface area contributed by atoms with Crippen molar-refractivity contribution >= 4 is 17.8 Å². The van der Waals surface area contributed by atoms with Gasteiger partial charge in [-0.2, -0.15) is 0 Å². The van der Waals surface area contributed by atoms with E-state index < -0.39 is 29.8 Å². The number of carbonyl (C=O) groups is 3. The van der Waals surface area contributed by atoms with Gasteiger partial charge in [-0.05, 0) is 40.0 Å². The average molecular weight is 395 g/mol. The highest BCUT2D eigenvalue weighted by Gasteiger charge is 2.58. The molecule has 0 aromatic rings. The fraction of sp³-hybridized carbons (Fsp3) is 0.762. The number of allylic oxidation sites excluding steroid dienone is 1. The van der Waals surface area contributed by atoms with Crippen LogP contribution in [0.1, 0.15) is 47.5 Å². The van der Waals surface area contributed by atoms with Crippen molar-refractivity contribution in [3.63, 3.8) is 0 Å². The van der Waals surface area contributed by atoms with Crippen LogP contribution in [-0.4, -0.2) is 59.1 Å². The molecule has 1 saturated heterocycles. The van der Waals surface area contributed by atoms with Crippen LogP contribution in [-0.2, 0) is 19.1 Å². The van der Waals surface area contributed by atoms with E-state index in [1.807, 2.05) is 32.9 Å². The number of hydrogen-bond donors (Lipinski definition) is 2. The van der Waals surface area contributed by atoms with Crippen molar-refractivity contribution in [3.05, 3.63) is 12.2 Å². The van der Waals surface area contributed by atoms with Crippen LogP contribution in [0.4, 0.5) is 0 Å². The standard InChI is InChI=1S/C21H34N2O5/c1-6-8-14-9-10-15-17(16(14)21(27)28-7-2)20(26)23(13(5)11-24)18(15)19(25)22-12(3)4/h9-10,12-18,24H,6-8,11H2,1-5H3,(H,22,25)/t13-,14-,15+,16-,17-,18+/m1/s1. The number of nitrogens with one attached hydrogen (secondary N) is 1. The molecule has 28 heavy (non-hydrogen) atoms. The number of amides is 2. The zero-order chi connectivity index (χ0) is 21.0. The number of nitrogens with zero attached hydrogens (tertiary/aromatic N) is 1. The molecule has 2 N–H and O–H groups in total. The Bertz CT molecular complexity index is 618. The van der Waals surface area contributed by atoms with Crippen LogP contribution in [0.5, 0.6) is 0 Å². The Morgan fingerprint density at radius 2 is 1.93 bits per heavy atom. The van der Waals surface area contributed by atoms with Crippen molar-refractivity contribution in [2.45, 2.75) is 65.6 Å². The fourth-order valence-corrected chi connectivity index (χ4v) is 4.55. The van der Waals surface area contributed by atoms with E-state index in [1.54, 1.807) is 13.8 Å². The first kappa shape index (κ1) is 22.4. The quantitative estimate of drug-likeness (QED) is 0.480. The van der Waals surface area contributed by atoms with Gasteiger partial charge in [-0.1, -0.05) is 25.5 Å². The molecule has 0 spiro atoms. The van der Waals surface area contributed by atoms with E-state index in [9.17, 15) is 19.5 Å². The first-order valence-electron chi connectivity index (χ1n) is 10.4. The normalized spacial score (nSPS) is 30.3. The lowest BCUT2D eigenvalue weighted by Gasteiger charge is -2.34. The van der Waals surface area contributed by atoms with E-state index in [4.69, 9.17) is 4.74 Å². The minimum atomic E-state index is -0.738. The highest BCUT2D eigenvalue weighted by Crippen LogP contribution is 2.46. The van der Waals surface area contributed by atoms with Gasteiger partial charge < -0.3 is 20.1 Å². The average Bonchev–Trinajstić information content (AvgIpc) is 2.93. The van der Waals surface area contributed by atoms with Crippen molar-refractivity contribution < 1.29 is 24.2 Å². The van der Waals surface area contributed by atoms with Crippen LogP contribution in [0.25, 0.3) is 0 Å². The van der Waals surface area contributed by atoms with Gasteiger partial charge in [0.25, 0.3) is 0 Å². The topological polar surface area (TPSA) is 95.9 Å². The zero-order valence-electron chi connectivity index (χ0n) is 17.6. The second kappa shape index (κ2) is 9.54. The summed E-state index contributed by atoms with van der Waals surface area (Å²) < 4.78 is 5.30. The largest absolute Gasteiger partial charge is 0.466 e. The molecule has 0 aromatic heterocycles. The van der Waals surface area contributed by atoms with E-state index in [0.29, 0.717) is 0 Å². The number of likely N-dealkylation sites (tertiary alicyclic amines) is 1. The second-order valence-corrected chi connectivity index (χ2v) is 8.10. The Morgan fingerprint density at radius 1 is 1.25 bits per heavy atom. The van der Waals surface area contributed by atoms with Crippen molar-refractivity contribution in [2.24, 2.45) is 23.7 Å². The van der Waals surface area contributed by atoms with Crippen molar-refractivity contribution in [3.8, 4) is 0 Å². The molecule has 1 aliphatic carbocycles. The molecule has 7 heteroatoms. The third kappa shape index (κ3) is 4.24. The van der Waals surface area contributed by atoms with Gasteiger partial charge >= 0.3 is 5.97 Å². The van der Waals surface area contributed by atoms with E-state index in [2.05, 4.69) is 5.32 Å². The Labute approximate surface area is 167 Å². The van der Waals surface area contributed by atoms with Crippen LogP contribution in [0.3, 0.4) is 0 Å². The molecule has 0 radical (unpaired) electrons. The number of esters is 1. The summed E-state index contributed by atoms with van der Waals surface area (Å²) in [5.74, 6) is -2.63. The molecule has 1 fully saturated rings. The number of hydrogen-bond acceptors (Lipinski definition) is 5. The minimum absolute atomic E-state index is 0.0748. The van der Waals surface area contributed by atoms with Gasteiger partial charge in [0.1, 0.15) is 6.04 Å². The Kier molecular flexibility index (Phi) is 7.63. The molecule has 1 heterocycles. The van der Waals surface area contributed by atoms with Gasteiger partial charge in [-0.25, -0.2) is 0 Å². The molecule has 6 atom stereocenters. The smallest absolute Gasteiger partial charge is 0.310 e. The fourth-order valence-electron chi connectivity index (χ4n) is 4.55. The molecule has 0 bridgehead atoms. The number of fused-ring (bicyclic) bond motifs is 1. The van der Waals surface area contributed by atoms with E-state index in [-0.39, 0.29) is 43.0 Å². The maximum absolute atomic E-state index is 13.4. The summed E-state index contributed by atoms with van der Waals surface area (Å²) >= 11 is 0. The third-order valence-electron chi connectivity index (χ3n) is 5.67. The van der Waals surface area contributed by atoms with E-state index in [0.717, 1.165) is 12.8 Å². The SMILES string of the molecule is CCC[C@@H]1C=C[C@H]2[C@@H](C(=O)N([C@H](C)CO)[C@@H]2C(=O)NC(C)C)[C@@H]1C(=O)OCC. The summed E-state index contributed by atoms with van der Waals surface area (Å²) in [6.45, 7) is 9.23. The van der Waals surface area contributed by atoms with Crippen LogP contribution >= 0.6 is 0 Å². The van der Waals surface area contributed by atoms with Gasteiger partial charge in [-0.15, -0.1) is 0 Å². The number of carbonyl (C=O) groups excluding carboxylic acids is 3. The molecule has 1 aliphatic heterocycles. The molecular formula is C21H34N2O5. The number of rotatable bonds is 8. The summed E-state index contributed by atoms with van der Waals surface area (Å²) in [7, 11) is 0. The van der Waals surface area contributed by atoms with Gasteiger partial charge in [0.05, 0.1) is 31.1 Å². The molecule has 2 amide bonds. The van der Waals surface area contributed by atoms with Gasteiger partial charge in [0.15, 0.2) is 0 Å². The molecule has 0 saturated carbocycles. The Hall–Kier alpha value is -1.89. The lowest BCUT2D eigenvalue weighted by molar-refractivity contribution is -0.156. The lowest BCUT2D eigenvalue weighted by atomic mass is 9.69. The maximum Gasteiger partial charge on any atom is 0.310 e. The third-order valence-corrected chi connectivity index (χ3v) is 5.67.